The van der Waals surface area contributed by atoms with Crippen LogP contribution in [0, 0.1) is 5.92 Å². The van der Waals surface area contributed by atoms with Crippen LogP contribution in [0.2, 0.25) is 0 Å². The summed E-state index contributed by atoms with van der Waals surface area (Å²) in [5.74, 6) is 0.813. The number of allylic oxidation sites excluding steroid dienone is 1. The maximum atomic E-state index is 13.4. The van der Waals surface area contributed by atoms with Crippen molar-refractivity contribution in [1.82, 2.24) is 20.6 Å². The maximum Gasteiger partial charge on any atom is 0.416 e. The molecule has 1 aliphatic carbocycles. The third kappa shape index (κ3) is 4.54. The third-order valence-corrected chi connectivity index (χ3v) is 6.32. The SMILES string of the molecule is FC(F)(F)c1cccc(C2NC(C3CCNCC3)=CC2c2ccnc(NC3CC3)n2)c1. The van der Waals surface area contributed by atoms with Crippen molar-refractivity contribution in [1.29, 1.82) is 0 Å². The zero-order valence-corrected chi connectivity index (χ0v) is 17.1. The van der Waals surface area contributed by atoms with Crippen molar-refractivity contribution < 1.29 is 13.2 Å². The zero-order valence-electron chi connectivity index (χ0n) is 17.1. The Balaban J connectivity index is 1.48. The van der Waals surface area contributed by atoms with Gasteiger partial charge in [0.05, 0.1) is 17.3 Å². The van der Waals surface area contributed by atoms with Crippen LogP contribution in [-0.4, -0.2) is 29.1 Å². The van der Waals surface area contributed by atoms with Gasteiger partial charge in [-0.1, -0.05) is 18.2 Å². The van der Waals surface area contributed by atoms with Gasteiger partial charge < -0.3 is 16.0 Å². The Hall–Kier alpha value is -2.61. The lowest BCUT2D eigenvalue weighted by molar-refractivity contribution is -0.137. The second-order valence-electron chi connectivity index (χ2n) is 8.64. The number of hydrogen-bond donors (Lipinski definition) is 3. The van der Waals surface area contributed by atoms with E-state index in [0.717, 1.165) is 56.2 Å². The largest absolute Gasteiger partial charge is 0.416 e. The fraction of sp³-hybridized carbons (Fsp3) is 0.478. The molecule has 2 fully saturated rings. The molecule has 2 atom stereocenters. The van der Waals surface area contributed by atoms with Crippen molar-refractivity contribution in [3.8, 4) is 0 Å². The summed E-state index contributed by atoms with van der Waals surface area (Å²) in [6.07, 6.45) is 3.79. The number of piperidine rings is 1. The first-order chi connectivity index (χ1) is 15.0. The van der Waals surface area contributed by atoms with Gasteiger partial charge in [-0.3, -0.25) is 0 Å². The van der Waals surface area contributed by atoms with Gasteiger partial charge in [0.2, 0.25) is 5.95 Å². The van der Waals surface area contributed by atoms with E-state index in [2.05, 4.69) is 27.0 Å². The van der Waals surface area contributed by atoms with Crippen molar-refractivity contribution in [2.24, 2.45) is 5.92 Å². The van der Waals surface area contributed by atoms with Crippen LogP contribution in [0.3, 0.4) is 0 Å². The molecule has 0 radical (unpaired) electrons. The van der Waals surface area contributed by atoms with Crippen LogP contribution in [0.1, 0.15) is 54.5 Å². The highest BCUT2D eigenvalue weighted by atomic mass is 19.4. The van der Waals surface area contributed by atoms with E-state index in [1.807, 2.05) is 6.07 Å². The second-order valence-corrected chi connectivity index (χ2v) is 8.64. The lowest BCUT2D eigenvalue weighted by atomic mass is 9.90. The molecule has 0 spiro atoms. The smallest absolute Gasteiger partial charge is 0.381 e. The molecule has 164 valence electrons. The number of nitrogens with one attached hydrogen (secondary N) is 3. The van der Waals surface area contributed by atoms with E-state index in [0.29, 0.717) is 23.5 Å². The normalized spacial score (nSPS) is 24.5. The Labute approximate surface area is 179 Å². The summed E-state index contributed by atoms with van der Waals surface area (Å²) in [4.78, 5) is 9.04. The molecule has 1 aromatic carbocycles. The van der Waals surface area contributed by atoms with Gasteiger partial charge in [-0.2, -0.15) is 13.2 Å². The van der Waals surface area contributed by atoms with E-state index in [1.165, 1.54) is 12.1 Å². The van der Waals surface area contributed by atoms with E-state index in [-0.39, 0.29) is 12.0 Å². The molecule has 2 aromatic rings. The zero-order chi connectivity index (χ0) is 21.4. The first-order valence-corrected chi connectivity index (χ1v) is 10.9. The fourth-order valence-corrected chi connectivity index (χ4v) is 4.49. The quantitative estimate of drug-likeness (QED) is 0.659. The Kier molecular flexibility index (Phi) is 5.33. The van der Waals surface area contributed by atoms with Crippen LogP contribution >= 0.6 is 0 Å². The molecule has 8 heteroatoms. The molecule has 3 heterocycles. The predicted molar refractivity (Wildman–Crippen MR) is 112 cm³/mol. The van der Waals surface area contributed by atoms with Gasteiger partial charge in [-0.25, -0.2) is 9.97 Å². The average molecular weight is 429 g/mol. The van der Waals surface area contributed by atoms with E-state index >= 15 is 0 Å². The van der Waals surface area contributed by atoms with Gasteiger partial charge in [-0.15, -0.1) is 0 Å². The van der Waals surface area contributed by atoms with Crippen molar-refractivity contribution in [3.05, 3.63) is 65.1 Å². The first-order valence-electron chi connectivity index (χ1n) is 10.9. The molecule has 1 aromatic heterocycles. The minimum absolute atomic E-state index is 0.156. The summed E-state index contributed by atoms with van der Waals surface area (Å²) in [5.41, 5.74) is 1.93. The summed E-state index contributed by atoms with van der Waals surface area (Å²) < 4.78 is 40.1. The van der Waals surface area contributed by atoms with Crippen LogP contribution in [0.15, 0.2) is 48.3 Å². The number of benzene rings is 1. The van der Waals surface area contributed by atoms with Gasteiger partial charge >= 0.3 is 6.18 Å². The number of aromatic nitrogens is 2. The van der Waals surface area contributed by atoms with E-state index in [9.17, 15) is 13.2 Å². The topological polar surface area (TPSA) is 61.9 Å². The monoisotopic (exact) mass is 429 g/mol. The third-order valence-electron chi connectivity index (χ3n) is 6.32. The van der Waals surface area contributed by atoms with E-state index in [4.69, 9.17) is 4.98 Å². The first kappa shape index (κ1) is 20.3. The van der Waals surface area contributed by atoms with Crippen LogP contribution in [-0.2, 0) is 6.18 Å². The highest BCUT2D eigenvalue weighted by Gasteiger charge is 2.36. The molecule has 1 saturated heterocycles. The molecular formula is C23H26F3N5. The van der Waals surface area contributed by atoms with E-state index < -0.39 is 11.7 Å². The molecule has 2 aliphatic heterocycles. The number of nitrogens with zero attached hydrogens (tertiary/aromatic N) is 2. The minimum Gasteiger partial charge on any atom is -0.381 e. The Morgan fingerprint density at radius 2 is 1.84 bits per heavy atom. The molecule has 3 aliphatic rings. The molecule has 1 saturated carbocycles. The van der Waals surface area contributed by atoms with Crippen molar-refractivity contribution in [2.75, 3.05) is 18.4 Å². The molecular weight excluding hydrogens is 403 g/mol. The molecule has 31 heavy (non-hydrogen) atoms. The molecule has 3 N–H and O–H groups in total. The highest BCUT2D eigenvalue weighted by molar-refractivity contribution is 5.39. The number of hydrogen-bond acceptors (Lipinski definition) is 5. The number of halogens is 3. The Bertz CT molecular complexity index is 964. The summed E-state index contributed by atoms with van der Waals surface area (Å²) in [6, 6.07) is 7.63. The molecule has 0 amide bonds. The Morgan fingerprint density at radius 3 is 2.58 bits per heavy atom. The molecule has 2 unspecified atom stereocenters. The average Bonchev–Trinajstić information content (AvgIpc) is 3.47. The van der Waals surface area contributed by atoms with Crippen LogP contribution in [0.5, 0.6) is 0 Å². The van der Waals surface area contributed by atoms with Crippen molar-refractivity contribution >= 4 is 5.95 Å². The van der Waals surface area contributed by atoms with Crippen LogP contribution in [0.4, 0.5) is 19.1 Å². The molecule has 0 bridgehead atoms. The van der Waals surface area contributed by atoms with Crippen LogP contribution < -0.4 is 16.0 Å². The van der Waals surface area contributed by atoms with Gasteiger partial charge in [0.15, 0.2) is 0 Å². The molecule has 5 nitrogen and oxygen atoms in total. The summed E-state index contributed by atoms with van der Waals surface area (Å²) >= 11 is 0. The van der Waals surface area contributed by atoms with Crippen LogP contribution in [0.25, 0.3) is 0 Å². The number of rotatable bonds is 5. The van der Waals surface area contributed by atoms with E-state index in [1.54, 1.807) is 12.3 Å². The Morgan fingerprint density at radius 1 is 1.03 bits per heavy atom. The van der Waals surface area contributed by atoms with Gasteiger partial charge in [-0.05, 0) is 62.5 Å². The fourth-order valence-electron chi connectivity index (χ4n) is 4.49. The van der Waals surface area contributed by atoms with Gasteiger partial charge in [0, 0.05) is 29.8 Å². The number of anilines is 1. The summed E-state index contributed by atoms with van der Waals surface area (Å²) in [7, 11) is 0. The highest BCUT2D eigenvalue weighted by Crippen LogP contribution is 2.42. The standard InChI is InChI=1S/C23H26F3N5/c24-23(25,26)16-3-1-2-15(12-16)21-18(13-20(30-21)14-6-9-27-10-7-14)19-8-11-28-22(31-19)29-17-4-5-17/h1-3,8,11-14,17-18,21,27,30H,4-7,9-10H2,(H,28,29,31). The lowest BCUT2D eigenvalue weighted by Gasteiger charge is -2.26. The number of alkyl halides is 3. The second kappa shape index (κ2) is 8.15. The maximum absolute atomic E-state index is 13.4. The summed E-state index contributed by atoms with van der Waals surface area (Å²) in [6.45, 7) is 1.90. The van der Waals surface area contributed by atoms with Crippen molar-refractivity contribution in [2.45, 2.75) is 49.9 Å². The molecule has 5 rings (SSSR count). The predicted octanol–water partition coefficient (Wildman–Crippen LogP) is 4.38. The van der Waals surface area contributed by atoms with Gasteiger partial charge in [0.25, 0.3) is 0 Å². The van der Waals surface area contributed by atoms with Gasteiger partial charge in [0.1, 0.15) is 0 Å². The summed E-state index contributed by atoms with van der Waals surface area (Å²) in [5, 5.41) is 10.3. The lowest BCUT2D eigenvalue weighted by Crippen LogP contribution is -2.32. The minimum atomic E-state index is -4.37. The van der Waals surface area contributed by atoms with Crippen molar-refractivity contribution in [3.63, 3.8) is 0 Å².